The number of hydrogen-bond donors (Lipinski definition) is 1. The predicted octanol–water partition coefficient (Wildman–Crippen LogP) is 5.92. The smallest absolute Gasteiger partial charge is 0.416 e. The fourth-order valence-corrected chi connectivity index (χ4v) is 3.53. The number of halogens is 7. The molecule has 0 saturated carbocycles. The van der Waals surface area contributed by atoms with Gasteiger partial charge in [-0.15, -0.1) is 0 Å². The lowest BCUT2D eigenvalue weighted by atomic mass is 10.00. The van der Waals surface area contributed by atoms with Crippen molar-refractivity contribution in [1.29, 1.82) is 0 Å². The Morgan fingerprint density at radius 1 is 1.03 bits per heavy atom. The van der Waals surface area contributed by atoms with Crippen molar-refractivity contribution in [2.24, 2.45) is 0 Å². The number of nitrogens with zero attached hydrogens (tertiary/aromatic N) is 4. The standard InChI is InChI=1S/C23H16F7N5O2/c1-10(24)18-9-37-22(36)35(18)20-17(27)8-32-21(34-20)33-11(2)13-6-16(26)14(7-15(13)25)12-3-4-31-19(5-12)23(28,29)30/h3-11H,1-2H3,(H,32,33,34)/t10-,11-/m0/s1. The second kappa shape index (κ2) is 9.67. The number of hydrogen-bond acceptors (Lipinski definition) is 6. The fourth-order valence-electron chi connectivity index (χ4n) is 3.53. The van der Waals surface area contributed by atoms with E-state index in [9.17, 15) is 35.5 Å². The molecular weight excluding hydrogens is 511 g/mol. The number of alkyl halides is 4. The molecule has 3 heterocycles. The molecule has 0 amide bonds. The van der Waals surface area contributed by atoms with Crippen LogP contribution >= 0.6 is 0 Å². The third-order valence-electron chi connectivity index (χ3n) is 5.33. The van der Waals surface area contributed by atoms with E-state index in [1.54, 1.807) is 0 Å². The van der Waals surface area contributed by atoms with Gasteiger partial charge in [-0.3, -0.25) is 4.98 Å². The third-order valence-corrected chi connectivity index (χ3v) is 5.33. The number of rotatable bonds is 6. The molecule has 0 fully saturated rings. The van der Waals surface area contributed by atoms with E-state index < -0.39 is 58.7 Å². The predicted molar refractivity (Wildman–Crippen MR) is 116 cm³/mol. The van der Waals surface area contributed by atoms with E-state index in [2.05, 4.69) is 24.7 Å². The topological polar surface area (TPSA) is 85.8 Å². The van der Waals surface area contributed by atoms with Crippen molar-refractivity contribution >= 4 is 5.95 Å². The van der Waals surface area contributed by atoms with Gasteiger partial charge in [0.15, 0.2) is 11.6 Å². The van der Waals surface area contributed by atoms with Gasteiger partial charge in [-0.25, -0.2) is 31.9 Å². The maximum absolute atomic E-state index is 14.9. The molecule has 37 heavy (non-hydrogen) atoms. The van der Waals surface area contributed by atoms with Crippen LogP contribution in [-0.2, 0) is 6.18 Å². The minimum absolute atomic E-state index is 0.235. The molecule has 0 aliphatic rings. The lowest BCUT2D eigenvalue weighted by Crippen LogP contribution is -2.20. The zero-order valence-corrected chi connectivity index (χ0v) is 18.9. The molecule has 14 heteroatoms. The Hall–Kier alpha value is -4.23. The minimum Gasteiger partial charge on any atom is -0.416 e. The highest BCUT2D eigenvalue weighted by molar-refractivity contribution is 5.65. The van der Waals surface area contributed by atoms with Gasteiger partial charge in [0, 0.05) is 17.3 Å². The van der Waals surface area contributed by atoms with Gasteiger partial charge >= 0.3 is 11.9 Å². The molecule has 2 atom stereocenters. The van der Waals surface area contributed by atoms with Gasteiger partial charge in [0.05, 0.1) is 12.2 Å². The summed E-state index contributed by atoms with van der Waals surface area (Å²) in [5.74, 6) is -5.13. The number of nitrogens with one attached hydrogen (secondary N) is 1. The molecule has 0 aliphatic carbocycles. The second-order valence-corrected chi connectivity index (χ2v) is 7.89. The Bertz CT molecular complexity index is 1510. The summed E-state index contributed by atoms with van der Waals surface area (Å²) >= 11 is 0. The van der Waals surface area contributed by atoms with Crippen molar-refractivity contribution in [3.63, 3.8) is 0 Å². The van der Waals surface area contributed by atoms with Crippen LogP contribution in [0.15, 0.2) is 52.1 Å². The highest BCUT2D eigenvalue weighted by Crippen LogP contribution is 2.33. The van der Waals surface area contributed by atoms with E-state index in [4.69, 9.17) is 0 Å². The summed E-state index contributed by atoms with van der Waals surface area (Å²) in [5, 5.41) is 2.62. The van der Waals surface area contributed by atoms with E-state index in [0.29, 0.717) is 16.8 Å². The number of oxazole rings is 1. The summed E-state index contributed by atoms with van der Waals surface area (Å²) in [6.45, 7) is 2.48. The van der Waals surface area contributed by atoms with Crippen LogP contribution in [0.2, 0.25) is 0 Å². The molecule has 4 rings (SSSR count). The van der Waals surface area contributed by atoms with Gasteiger partial charge in [0.1, 0.15) is 35.5 Å². The first-order valence-electron chi connectivity index (χ1n) is 10.5. The van der Waals surface area contributed by atoms with Crippen LogP contribution in [-0.4, -0.2) is 19.5 Å². The Kier molecular flexibility index (Phi) is 6.76. The summed E-state index contributed by atoms with van der Waals surface area (Å²) in [6, 6.07) is 2.18. The molecule has 194 valence electrons. The normalized spacial score (nSPS) is 13.4. The average Bonchev–Trinajstić information content (AvgIpc) is 3.22. The number of benzene rings is 1. The summed E-state index contributed by atoms with van der Waals surface area (Å²) in [4.78, 5) is 22.7. The number of anilines is 1. The lowest BCUT2D eigenvalue weighted by Gasteiger charge is -2.17. The minimum atomic E-state index is -4.78. The number of aromatic nitrogens is 4. The summed E-state index contributed by atoms with van der Waals surface area (Å²) < 4.78 is 102. The summed E-state index contributed by atoms with van der Waals surface area (Å²) in [7, 11) is 0. The zero-order chi connectivity index (χ0) is 27.1. The van der Waals surface area contributed by atoms with E-state index in [-0.39, 0.29) is 22.8 Å². The van der Waals surface area contributed by atoms with Gasteiger partial charge < -0.3 is 9.73 Å². The highest BCUT2D eigenvalue weighted by atomic mass is 19.4. The van der Waals surface area contributed by atoms with E-state index in [1.165, 1.54) is 6.92 Å². The van der Waals surface area contributed by atoms with Crippen molar-refractivity contribution < 1.29 is 35.2 Å². The zero-order valence-electron chi connectivity index (χ0n) is 18.9. The van der Waals surface area contributed by atoms with Crippen LogP contribution in [0.4, 0.5) is 36.7 Å². The monoisotopic (exact) mass is 527 g/mol. The van der Waals surface area contributed by atoms with Crippen molar-refractivity contribution in [3.8, 4) is 16.9 Å². The Morgan fingerprint density at radius 2 is 1.76 bits per heavy atom. The Balaban J connectivity index is 1.65. The van der Waals surface area contributed by atoms with Gasteiger partial charge in [-0.05, 0) is 43.7 Å². The Labute approximate surface area is 203 Å². The van der Waals surface area contributed by atoms with E-state index in [0.717, 1.165) is 37.6 Å². The maximum Gasteiger partial charge on any atom is 0.433 e. The van der Waals surface area contributed by atoms with Crippen molar-refractivity contribution in [3.05, 3.63) is 87.9 Å². The molecule has 1 aromatic carbocycles. The molecule has 0 radical (unpaired) electrons. The van der Waals surface area contributed by atoms with Gasteiger partial charge in [0.2, 0.25) is 5.95 Å². The van der Waals surface area contributed by atoms with Crippen LogP contribution in [0.3, 0.4) is 0 Å². The average molecular weight is 527 g/mol. The van der Waals surface area contributed by atoms with Crippen LogP contribution < -0.4 is 11.1 Å². The van der Waals surface area contributed by atoms with Crippen LogP contribution in [0.25, 0.3) is 16.9 Å². The first kappa shape index (κ1) is 25.9. The molecule has 4 aromatic rings. The lowest BCUT2D eigenvalue weighted by molar-refractivity contribution is -0.141. The molecule has 0 unspecified atom stereocenters. The fraction of sp³-hybridized carbons (Fsp3) is 0.217. The van der Waals surface area contributed by atoms with Crippen LogP contribution in [0.1, 0.15) is 43.0 Å². The van der Waals surface area contributed by atoms with E-state index >= 15 is 0 Å². The number of pyridine rings is 1. The van der Waals surface area contributed by atoms with Crippen LogP contribution in [0, 0.1) is 17.5 Å². The summed E-state index contributed by atoms with van der Waals surface area (Å²) in [5.41, 5.74) is -2.49. The Morgan fingerprint density at radius 3 is 2.43 bits per heavy atom. The van der Waals surface area contributed by atoms with Gasteiger partial charge in [-0.1, -0.05) is 0 Å². The molecule has 0 bridgehead atoms. The van der Waals surface area contributed by atoms with Crippen molar-refractivity contribution in [1.82, 2.24) is 19.5 Å². The highest BCUT2D eigenvalue weighted by Gasteiger charge is 2.33. The van der Waals surface area contributed by atoms with Crippen LogP contribution in [0.5, 0.6) is 0 Å². The first-order chi connectivity index (χ1) is 17.4. The van der Waals surface area contributed by atoms with Gasteiger partial charge in [-0.2, -0.15) is 18.2 Å². The van der Waals surface area contributed by atoms with Gasteiger partial charge in [0.25, 0.3) is 0 Å². The van der Waals surface area contributed by atoms with Crippen molar-refractivity contribution in [2.45, 2.75) is 32.2 Å². The molecule has 1 N–H and O–H groups in total. The SMILES string of the molecule is C[C@H](F)c1coc(=O)n1-c1nc(N[C@@H](C)c2cc(F)c(-c3ccnc(C(F)(F)F)c3)cc2F)ncc1F. The molecule has 0 aliphatic heterocycles. The molecule has 3 aromatic heterocycles. The largest absolute Gasteiger partial charge is 0.433 e. The maximum atomic E-state index is 14.9. The molecule has 7 nitrogen and oxygen atoms in total. The molecular formula is C23H16F7N5O2. The van der Waals surface area contributed by atoms with E-state index in [1.807, 2.05) is 0 Å². The second-order valence-electron chi connectivity index (χ2n) is 7.89. The van der Waals surface area contributed by atoms with Crippen molar-refractivity contribution in [2.75, 3.05) is 5.32 Å². The summed E-state index contributed by atoms with van der Waals surface area (Å²) in [6.07, 6.45) is -4.16. The third kappa shape index (κ3) is 5.17. The molecule has 0 saturated heterocycles. The first-order valence-corrected chi connectivity index (χ1v) is 10.5. The quantitative estimate of drug-likeness (QED) is 0.313. The molecule has 0 spiro atoms.